The van der Waals surface area contributed by atoms with E-state index in [9.17, 15) is 0 Å². The molecule has 26 heavy (non-hydrogen) atoms. The summed E-state index contributed by atoms with van der Waals surface area (Å²) in [6, 6.07) is 14.8. The van der Waals surface area contributed by atoms with Crippen LogP contribution >= 0.6 is 0 Å². The molecule has 1 fully saturated rings. The number of benzene rings is 1. The van der Waals surface area contributed by atoms with Crippen LogP contribution in [0.3, 0.4) is 0 Å². The number of anilines is 1. The summed E-state index contributed by atoms with van der Waals surface area (Å²) in [5, 5.41) is 10.9. The maximum atomic E-state index is 4.37. The molecule has 0 bridgehead atoms. The van der Waals surface area contributed by atoms with Crippen LogP contribution < -0.4 is 10.6 Å². The van der Waals surface area contributed by atoms with Gasteiger partial charge in [0, 0.05) is 61.9 Å². The molecule has 0 radical (unpaired) electrons. The van der Waals surface area contributed by atoms with Gasteiger partial charge in [-0.05, 0) is 42.7 Å². The van der Waals surface area contributed by atoms with Gasteiger partial charge in [-0.25, -0.2) is 0 Å². The minimum absolute atomic E-state index is 0. The maximum absolute atomic E-state index is 4.37. The zero-order valence-electron chi connectivity index (χ0n) is 15.5. The van der Waals surface area contributed by atoms with Gasteiger partial charge in [-0.3, -0.25) is 4.98 Å². The van der Waals surface area contributed by atoms with Crippen LogP contribution in [0, 0.1) is 31.1 Å². The van der Waals surface area contributed by atoms with Gasteiger partial charge in [0.05, 0.1) is 18.1 Å². The quantitative estimate of drug-likeness (QED) is 0.298. The summed E-state index contributed by atoms with van der Waals surface area (Å²) in [6.45, 7) is 0.731. The van der Waals surface area contributed by atoms with E-state index in [1.807, 2.05) is 31.4 Å². The predicted molar refractivity (Wildman–Crippen MR) is 104 cm³/mol. The largest absolute Gasteiger partial charge is 0.603 e. The number of hydrogen-bond donors (Lipinski definition) is 2. The first-order valence-corrected chi connectivity index (χ1v) is 8.83. The molecule has 1 aliphatic carbocycles. The molecule has 5 nitrogen and oxygen atoms in total. The van der Waals surface area contributed by atoms with E-state index < -0.39 is 0 Å². The Labute approximate surface area is 179 Å². The summed E-state index contributed by atoms with van der Waals surface area (Å²) in [5.74, 6) is 0.953. The Morgan fingerprint density at radius 1 is 1.23 bits per heavy atom. The first-order chi connectivity index (χ1) is 12.3. The van der Waals surface area contributed by atoms with Crippen LogP contribution in [0.15, 0.2) is 53.8 Å². The zero-order chi connectivity index (χ0) is 17.5. The Bertz CT molecular complexity index is 713. The van der Waals surface area contributed by atoms with Crippen molar-refractivity contribution in [1.82, 2.24) is 10.3 Å². The smallest absolute Gasteiger partial charge is 0.0819 e. The molecule has 1 heterocycles. The van der Waals surface area contributed by atoms with Gasteiger partial charge in [-0.1, -0.05) is 24.6 Å². The molecule has 2 aromatic rings. The molecular formula is C20H26N5U-. The van der Waals surface area contributed by atoms with Gasteiger partial charge < -0.3 is 21.2 Å². The number of aromatic nitrogens is 1. The molecule has 0 unspecified atom stereocenters. The van der Waals surface area contributed by atoms with Crippen LogP contribution in [0.2, 0.25) is 0 Å². The molecular weight excluding hydrogens is 548 g/mol. The van der Waals surface area contributed by atoms with Crippen molar-refractivity contribution in [3.8, 4) is 0 Å². The third kappa shape index (κ3) is 5.02. The van der Waals surface area contributed by atoms with E-state index in [4.69, 9.17) is 0 Å². The Kier molecular flexibility index (Phi) is 7.99. The van der Waals surface area contributed by atoms with E-state index in [1.165, 1.54) is 24.8 Å². The third-order valence-corrected chi connectivity index (χ3v) is 5.00. The molecule has 6 heteroatoms. The van der Waals surface area contributed by atoms with E-state index in [0.29, 0.717) is 0 Å². The predicted octanol–water partition coefficient (Wildman–Crippen LogP) is 4.04. The maximum Gasteiger partial charge on any atom is 0.0819 e. The summed E-state index contributed by atoms with van der Waals surface area (Å²) in [4.78, 5) is 4.37. The number of hydrogen-bond acceptors (Lipinski definition) is 3. The van der Waals surface area contributed by atoms with Crippen molar-refractivity contribution in [2.24, 2.45) is 5.10 Å². The molecule has 1 saturated carbocycles. The zero-order valence-corrected chi connectivity index (χ0v) is 19.7. The van der Waals surface area contributed by atoms with Crippen molar-refractivity contribution in [3.05, 3.63) is 65.3 Å². The second kappa shape index (κ2) is 9.99. The van der Waals surface area contributed by atoms with Crippen molar-refractivity contribution in [1.29, 1.82) is 0 Å². The van der Waals surface area contributed by atoms with Gasteiger partial charge in [-0.15, -0.1) is 7.05 Å². The van der Waals surface area contributed by atoms with Gasteiger partial charge in [0.1, 0.15) is 0 Å². The molecule has 1 aliphatic rings. The monoisotopic (exact) mass is 574 g/mol. The summed E-state index contributed by atoms with van der Waals surface area (Å²) in [6.07, 6.45) is 6.40. The minimum Gasteiger partial charge on any atom is -0.603 e. The average Bonchev–Trinajstić information content (AvgIpc) is 2.63. The first kappa shape index (κ1) is 20.8. The molecule has 3 rings (SSSR count). The van der Waals surface area contributed by atoms with Crippen molar-refractivity contribution in [2.45, 2.75) is 37.6 Å². The molecule has 136 valence electrons. The normalized spacial score (nSPS) is 15.4. The van der Waals surface area contributed by atoms with Gasteiger partial charge in [-0.2, -0.15) is 0 Å². The molecule has 1 aromatic heterocycles. The van der Waals surface area contributed by atoms with E-state index in [1.54, 1.807) is 7.05 Å². The van der Waals surface area contributed by atoms with Crippen LogP contribution in [-0.2, 0) is 12.0 Å². The van der Waals surface area contributed by atoms with Crippen molar-refractivity contribution >= 4 is 11.5 Å². The Morgan fingerprint density at radius 2 is 2.08 bits per heavy atom. The summed E-state index contributed by atoms with van der Waals surface area (Å²) >= 11 is 0. The van der Waals surface area contributed by atoms with Gasteiger partial charge in [0.25, 0.3) is 0 Å². The van der Waals surface area contributed by atoms with E-state index in [-0.39, 0.29) is 36.5 Å². The number of amidine groups is 1. The van der Waals surface area contributed by atoms with Crippen LogP contribution in [-0.4, -0.2) is 24.9 Å². The average molecular weight is 574 g/mol. The van der Waals surface area contributed by atoms with Crippen molar-refractivity contribution in [3.63, 3.8) is 0 Å². The standard InChI is InChI=1S/C20H26N5.U/c1-21-19(25-22-2)14-20(10-6-11-20)16-7-5-9-17(13-16)24-15-18-8-3-4-12-23-18;/h3-5,7-9,12-13,24H,6,10-11,14-15H2,1-2H3,(H,21,25);/q-1;. The van der Waals surface area contributed by atoms with Gasteiger partial charge >= 0.3 is 0 Å². The van der Waals surface area contributed by atoms with Crippen molar-refractivity contribution < 1.29 is 31.1 Å². The fourth-order valence-corrected chi connectivity index (χ4v) is 3.44. The minimum atomic E-state index is 0. The fourth-order valence-electron chi connectivity index (χ4n) is 3.44. The number of nitrogens with one attached hydrogen (secondary N) is 2. The van der Waals surface area contributed by atoms with Crippen molar-refractivity contribution in [2.75, 3.05) is 19.4 Å². The summed E-state index contributed by atoms with van der Waals surface area (Å²) in [7, 11) is 3.63. The number of nitrogens with zero attached hydrogens (tertiary/aromatic N) is 3. The first-order valence-electron chi connectivity index (χ1n) is 8.83. The molecule has 0 saturated heterocycles. The number of rotatable bonds is 7. The second-order valence-electron chi connectivity index (χ2n) is 6.56. The van der Waals surface area contributed by atoms with E-state index >= 15 is 0 Å². The molecule has 0 atom stereocenters. The van der Waals surface area contributed by atoms with Gasteiger partial charge in [0.15, 0.2) is 0 Å². The van der Waals surface area contributed by atoms with Crippen LogP contribution in [0.1, 0.15) is 36.9 Å². The van der Waals surface area contributed by atoms with Crippen LogP contribution in [0.4, 0.5) is 5.69 Å². The Hall–Kier alpha value is -1.51. The third-order valence-electron chi connectivity index (χ3n) is 5.00. The molecule has 0 aliphatic heterocycles. The Balaban J connectivity index is 0.00000243. The van der Waals surface area contributed by atoms with E-state index in [0.717, 1.165) is 30.2 Å². The van der Waals surface area contributed by atoms with Crippen LogP contribution in [0.25, 0.3) is 5.43 Å². The molecule has 2 N–H and O–H groups in total. The fraction of sp³-hybridized carbons (Fsp3) is 0.400. The van der Waals surface area contributed by atoms with E-state index in [2.05, 4.69) is 50.4 Å². The summed E-state index contributed by atoms with van der Waals surface area (Å²) in [5.41, 5.74) is 7.66. The number of pyridine rings is 1. The van der Waals surface area contributed by atoms with Crippen LogP contribution in [0.5, 0.6) is 0 Å². The topological polar surface area (TPSA) is 63.4 Å². The second-order valence-corrected chi connectivity index (χ2v) is 6.56. The van der Waals surface area contributed by atoms with Gasteiger partial charge in [0.2, 0.25) is 0 Å². The Morgan fingerprint density at radius 3 is 2.69 bits per heavy atom. The SMILES string of the molecule is C[N-]/N=C(/CC1(c2cccc(NCc3ccccn3)c2)CCC1)NC.[U]. The molecule has 1 aromatic carbocycles. The summed E-state index contributed by atoms with van der Waals surface area (Å²) < 4.78 is 0. The molecule has 0 amide bonds. The molecule has 0 spiro atoms.